The van der Waals surface area contributed by atoms with Crippen molar-refractivity contribution in [1.29, 1.82) is 0 Å². The molecule has 0 aliphatic rings. The van der Waals surface area contributed by atoms with E-state index in [-0.39, 0.29) is 11.7 Å². The highest BCUT2D eigenvalue weighted by molar-refractivity contribution is 6.31. The van der Waals surface area contributed by atoms with E-state index in [9.17, 15) is 10.1 Å². The standard InChI is InChI=1S/C10H13ClN2O2/c1-7(12)2-3-8-4-5-9(13(14)15)6-10(8)11/h4-7H,2-3,12H2,1H3. The van der Waals surface area contributed by atoms with Gasteiger partial charge in [0.25, 0.3) is 5.69 Å². The van der Waals surface area contributed by atoms with E-state index in [2.05, 4.69) is 0 Å². The van der Waals surface area contributed by atoms with Crippen LogP contribution < -0.4 is 5.73 Å². The average molecular weight is 229 g/mol. The maximum atomic E-state index is 10.5. The predicted molar refractivity (Wildman–Crippen MR) is 60.1 cm³/mol. The Balaban J connectivity index is 2.79. The van der Waals surface area contributed by atoms with Crippen LogP contribution in [0.15, 0.2) is 18.2 Å². The summed E-state index contributed by atoms with van der Waals surface area (Å²) in [5.41, 5.74) is 6.54. The topological polar surface area (TPSA) is 69.2 Å². The molecule has 1 aromatic carbocycles. The zero-order chi connectivity index (χ0) is 11.4. The van der Waals surface area contributed by atoms with E-state index < -0.39 is 4.92 Å². The number of nitro benzene ring substituents is 1. The van der Waals surface area contributed by atoms with Crippen LogP contribution in [-0.2, 0) is 6.42 Å². The molecule has 4 nitrogen and oxygen atoms in total. The molecule has 0 aliphatic carbocycles. The molecule has 1 aromatic rings. The van der Waals surface area contributed by atoms with E-state index in [1.54, 1.807) is 6.07 Å². The van der Waals surface area contributed by atoms with Gasteiger partial charge in [0.15, 0.2) is 0 Å². The Kier molecular flexibility index (Phi) is 4.05. The molecule has 0 aliphatic heterocycles. The molecule has 0 radical (unpaired) electrons. The van der Waals surface area contributed by atoms with Gasteiger partial charge in [-0.15, -0.1) is 0 Å². The molecule has 0 heterocycles. The monoisotopic (exact) mass is 228 g/mol. The van der Waals surface area contributed by atoms with Crippen LogP contribution in [0.5, 0.6) is 0 Å². The lowest BCUT2D eigenvalue weighted by molar-refractivity contribution is -0.384. The Morgan fingerprint density at radius 1 is 1.60 bits per heavy atom. The molecule has 0 amide bonds. The molecular formula is C10H13ClN2O2. The zero-order valence-electron chi connectivity index (χ0n) is 8.44. The van der Waals surface area contributed by atoms with Gasteiger partial charge in [-0.2, -0.15) is 0 Å². The first-order valence-electron chi connectivity index (χ1n) is 4.69. The largest absolute Gasteiger partial charge is 0.328 e. The van der Waals surface area contributed by atoms with Crippen molar-refractivity contribution in [2.24, 2.45) is 5.73 Å². The van der Waals surface area contributed by atoms with Crippen molar-refractivity contribution in [2.75, 3.05) is 0 Å². The third-order valence-electron chi connectivity index (χ3n) is 2.12. The third kappa shape index (κ3) is 3.49. The van der Waals surface area contributed by atoms with Crippen LogP contribution in [0.25, 0.3) is 0 Å². The van der Waals surface area contributed by atoms with Crippen LogP contribution in [0.1, 0.15) is 18.9 Å². The maximum Gasteiger partial charge on any atom is 0.270 e. The molecule has 15 heavy (non-hydrogen) atoms. The molecule has 0 bridgehead atoms. The van der Waals surface area contributed by atoms with Gasteiger partial charge in [-0.3, -0.25) is 10.1 Å². The molecule has 0 fully saturated rings. The zero-order valence-corrected chi connectivity index (χ0v) is 9.20. The lowest BCUT2D eigenvalue weighted by Crippen LogP contribution is -2.15. The first-order valence-corrected chi connectivity index (χ1v) is 5.07. The van der Waals surface area contributed by atoms with Gasteiger partial charge < -0.3 is 5.73 Å². The second-order valence-electron chi connectivity index (χ2n) is 3.55. The lowest BCUT2D eigenvalue weighted by atomic mass is 10.1. The number of benzene rings is 1. The van der Waals surface area contributed by atoms with Gasteiger partial charge in [-0.05, 0) is 25.3 Å². The number of nitrogens with two attached hydrogens (primary N) is 1. The van der Waals surface area contributed by atoms with Crippen molar-refractivity contribution in [3.8, 4) is 0 Å². The SMILES string of the molecule is CC(N)CCc1ccc([N+](=O)[O-])cc1Cl. The minimum Gasteiger partial charge on any atom is -0.328 e. The summed E-state index contributed by atoms with van der Waals surface area (Å²) in [6, 6.07) is 4.62. The summed E-state index contributed by atoms with van der Waals surface area (Å²) in [6.45, 7) is 1.92. The molecule has 0 saturated carbocycles. The number of halogens is 1. The van der Waals surface area contributed by atoms with Crippen LogP contribution in [0.3, 0.4) is 0 Å². The number of hydrogen-bond donors (Lipinski definition) is 1. The fourth-order valence-corrected chi connectivity index (χ4v) is 1.50. The summed E-state index contributed by atoms with van der Waals surface area (Å²) in [4.78, 5) is 10.0. The minimum absolute atomic E-state index is 0.0181. The number of hydrogen-bond acceptors (Lipinski definition) is 3. The molecule has 0 spiro atoms. The summed E-state index contributed by atoms with van der Waals surface area (Å²) in [5, 5.41) is 10.9. The molecule has 2 N–H and O–H groups in total. The fourth-order valence-electron chi connectivity index (χ4n) is 1.24. The summed E-state index contributed by atoms with van der Waals surface area (Å²) in [6.07, 6.45) is 1.56. The van der Waals surface area contributed by atoms with Crippen molar-refractivity contribution in [3.63, 3.8) is 0 Å². The molecule has 1 atom stereocenters. The van der Waals surface area contributed by atoms with Crippen molar-refractivity contribution < 1.29 is 4.92 Å². The predicted octanol–water partition coefficient (Wildman–Crippen LogP) is 2.53. The second-order valence-corrected chi connectivity index (χ2v) is 3.96. The van der Waals surface area contributed by atoms with E-state index in [1.165, 1.54) is 12.1 Å². The number of nitrogens with zero attached hydrogens (tertiary/aromatic N) is 1. The molecule has 1 unspecified atom stereocenters. The number of aryl methyl sites for hydroxylation is 1. The summed E-state index contributed by atoms with van der Waals surface area (Å²) >= 11 is 5.91. The lowest BCUT2D eigenvalue weighted by Gasteiger charge is -2.06. The maximum absolute atomic E-state index is 10.5. The van der Waals surface area contributed by atoms with Crippen LogP contribution in [0.2, 0.25) is 5.02 Å². The summed E-state index contributed by atoms with van der Waals surface area (Å²) < 4.78 is 0. The third-order valence-corrected chi connectivity index (χ3v) is 2.47. The van der Waals surface area contributed by atoms with Gasteiger partial charge in [0, 0.05) is 18.2 Å². The van der Waals surface area contributed by atoms with Gasteiger partial charge >= 0.3 is 0 Å². The van der Waals surface area contributed by atoms with E-state index in [0.717, 1.165) is 18.4 Å². The average Bonchev–Trinajstić information content (AvgIpc) is 2.15. The van der Waals surface area contributed by atoms with Crippen molar-refractivity contribution in [2.45, 2.75) is 25.8 Å². The molecular weight excluding hydrogens is 216 g/mol. The quantitative estimate of drug-likeness (QED) is 0.636. The fraction of sp³-hybridized carbons (Fsp3) is 0.400. The van der Waals surface area contributed by atoms with E-state index >= 15 is 0 Å². The van der Waals surface area contributed by atoms with Gasteiger partial charge in [0.2, 0.25) is 0 Å². The smallest absolute Gasteiger partial charge is 0.270 e. The van der Waals surface area contributed by atoms with E-state index in [0.29, 0.717) is 5.02 Å². The Bertz CT molecular complexity index is 366. The highest BCUT2D eigenvalue weighted by atomic mass is 35.5. The molecule has 82 valence electrons. The molecule has 1 rings (SSSR count). The summed E-state index contributed by atoms with van der Waals surface area (Å²) in [7, 11) is 0. The Morgan fingerprint density at radius 2 is 2.27 bits per heavy atom. The first-order chi connectivity index (χ1) is 7.00. The number of rotatable bonds is 4. The number of nitro groups is 1. The van der Waals surface area contributed by atoms with Gasteiger partial charge in [-0.1, -0.05) is 17.7 Å². The summed E-state index contributed by atoms with van der Waals surface area (Å²) in [5.74, 6) is 0. The second kappa shape index (κ2) is 5.09. The molecule has 5 heteroatoms. The first kappa shape index (κ1) is 11.9. The van der Waals surface area contributed by atoms with Crippen molar-refractivity contribution >= 4 is 17.3 Å². The van der Waals surface area contributed by atoms with Crippen LogP contribution >= 0.6 is 11.6 Å². The van der Waals surface area contributed by atoms with Crippen molar-refractivity contribution in [1.82, 2.24) is 0 Å². The molecule has 0 saturated heterocycles. The van der Waals surface area contributed by atoms with E-state index in [1.807, 2.05) is 6.92 Å². The minimum atomic E-state index is -0.457. The highest BCUT2D eigenvalue weighted by Crippen LogP contribution is 2.23. The number of non-ortho nitro benzene ring substituents is 1. The Hall–Kier alpha value is -1.13. The molecule has 0 aromatic heterocycles. The van der Waals surface area contributed by atoms with E-state index in [4.69, 9.17) is 17.3 Å². The van der Waals surface area contributed by atoms with Gasteiger partial charge in [-0.25, -0.2) is 0 Å². The van der Waals surface area contributed by atoms with Crippen molar-refractivity contribution in [3.05, 3.63) is 38.9 Å². The normalized spacial score (nSPS) is 12.5. The Labute approximate surface area is 93.2 Å². The van der Waals surface area contributed by atoms with Gasteiger partial charge in [0.1, 0.15) is 0 Å². The van der Waals surface area contributed by atoms with Crippen LogP contribution in [-0.4, -0.2) is 11.0 Å². The van der Waals surface area contributed by atoms with Gasteiger partial charge in [0.05, 0.1) is 9.95 Å². The Morgan fingerprint density at radius 3 is 2.73 bits per heavy atom. The van der Waals surface area contributed by atoms with Crippen LogP contribution in [0.4, 0.5) is 5.69 Å². The van der Waals surface area contributed by atoms with Crippen LogP contribution in [0, 0.1) is 10.1 Å². The highest BCUT2D eigenvalue weighted by Gasteiger charge is 2.09.